The molecule has 0 unspecified atom stereocenters. The predicted octanol–water partition coefficient (Wildman–Crippen LogP) is 4.70. The maximum Gasteiger partial charge on any atom is 0.324 e. The molecule has 8 nitrogen and oxygen atoms in total. The molecular weight excluding hydrogens is 483 g/mol. The van der Waals surface area contributed by atoms with Crippen molar-refractivity contribution in [3.05, 3.63) is 65.7 Å². The number of aromatic nitrogens is 4. The second-order valence-corrected chi connectivity index (χ2v) is 9.33. The van der Waals surface area contributed by atoms with Crippen LogP contribution in [0.15, 0.2) is 54.9 Å². The highest BCUT2D eigenvalue weighted by Crippen LogP contribution is 2.34. The van der Waals surface area contributed by atoms with Crippen LogP contribution in [0.3, 0.4) is 0 Å². The average Bonchev–Trinajstić information content (AvgIpc) is 3.28. The molecule has 1 aliphatic heterocycles. The summed E-state index contributed by atoms with van der Waals surface area (Å²) in [6.07, 6.45) is 3.16. The van der Waals surface area contributed by atoms with Gasteiger partial charge in [-0.05, 0) is 62.2 Å². The lowest BCUT2D eigenvalue weighted by atomic mass is 9.87. The second-order valence-electron chi connectivity index (χ2n) is 8.90. The molecular formula is C26H26ClFN6O2. The summed E-state index contributed by atoms with van der Waals surface area (Å²) in [7, 11) is 0. The summed E-state index contributed by atoms with van der Waals surface area (Å²) in [5, 5.41) is 13.7. The molecule has 36 heavy (non-hydrogen) atoms. The van der Waals surface area contributed by atoms with Crippen LogP contribution in [0.5, 0.6) is 0 Å². The minimum absolute atomic E-state index is 0.337. The van der Waals surface area contributed by atoms with E-state index < -0.39 is 17.3 Å². The van der Waals surface area contributed by atoms with Crippen LogP contribution in [0.2, 0.25) is 5.02 Å². The van der Waals surface area contributed by atoms with E-state index in [1.165, 1.54) is 12.4 Å². The molecule has 0 amide bonds. The minimum atomic E-state index is -0.959. The number of carboxylic acid groups (broad SMARTS) is 1. The van der Waals surface area contributed by atoms with Gasteiger partial charge in [0, 0.05) is 23.8 Å². The fourth-order valence-corrected chi connectivity index (χ4v) is 4.83. The predicted molar refractivity (Wildman–Crippen MR) is 137 cm³/mol. The number of rotatable bonds is 7. The molecule has 2 aromatic carbocycles. The maximum atomic E-state index is 14.9. The summed E-state index contributed by atoms with van der Waals surface area (Å²) in [6.45, 7) is 3.62. The van der Waals surface area contributed by atoms with Gasteiger partial charge in [0.25, 0.3) is 0 Å². The quantitative estimate of drug-likeness (QED) is 0.373. The molecule has 186 valence electrons. The average molecular weight is 509 g/mol. The van der Waals surface area contributed by atoms with Gasteiger partial charge in [-0.1, -0.05) is 30.7 Å². The zero-order valence-electron chi connectivity index (χ0n) is 19.8. The van der Waals surface area contributed by atoms with E-state index in [0.717, 1.165) is 12.1 Å². The molecule has 0 spiro atoms. The third-order valence-electron chi connectivity index (χ3n) is 6.66. The highest BCUT2D eigenvalue weighted by atomic mass is 35.5. The standard InChI is InChI=1S/C26H26ClFN6O2/c1-2-13-31-26(25(35)36)11-14-33(15-12-26)23-21-24(30-16-29-23)34(18-9-7-17(27)8-10-18)22(32-21)19-5-3-4-6-20(19)28/h3-10,16,31H,2,11-15H2,1H3,(H,35,36). The first kappa shape index (κ1) is 24.1. The van der Waals surface area contributed by atoms with E-state index >= 15 is 0 Å². The molecule has 3 heterocycles. The van der Waals surface area contributed by atoms with Gasteiger partial charge in [-0.3, -0.25) is 9.36 Å². The van der Waals surface area contributed by atoms with Gasteiger partial charge in [-0.15, -0.1) is 0 Å². The number of hydrogen-bond acceptors (Lipinski definition) is 6. The highest BCUT2D eigenvalue weighted by Gasteiger charge is 2.41. The van der Waals surface area contributed by atoms with Gasteiger partial charge < -0.3 is 15.3 Å². The number of nitrogens with one attached hydrogen (secondary N) is 1. The molecule has 2 N–H and O–H groups in total. The van der Waals surface area contributed by atoms with Crippen LogP contribution >= 0.6 is 11.6 Å². The van der Waals surface area contributed by atoms with Crippen molar-refractivity contribution in [2.24, 2.45) is 0 Å². The lowest BCUT2D eigenvalue weighted by Gasteiger charge is -2.40. The molecule has 0 saturated carbocycles. The molecule has 0 bridgehead atoms. The second kappa shape index (κ2) is 9.83. The lowest BCUT2D eigenvalue weighted by molar-refractivity contribution is -0.145. The fourth-order valence-electron chi connectivity index (χ4n) is 4.70. The van der Waals surface area contributed by atoms with Crippen molar-refractivity contribution < 1.29 is 14.3 Å². The van der Waals surface area contributed by atoms with Gasteiger partial charge in [0.1, 0.15) is 23.5 Å². The van der Waals surface area contributed by atoms with Crippen LogP contribution in [0, 0.1) is 5.82 Å². The zero-order valence-corrected chi connectivity index (χ0v) is 20.5. The van der Waals surface area contributed by atoms with Crippen LogP contribution in [0.4, 0.5) is 10.2 Å². The van der Waals surface area contributed by atoms with Crippen LogP contribution < -0.4 is 10.2 Å². The van der Waals surface area contributed by atoms with Crippen molar-refractivity contribution in [3.63, 3.8) is 0 Å². The zero-order chi connectivity index (χ0) is 25.3. The van der Waals surface area contributed by atoms with Crippen molar-refractivity contribution in [3.8, 4) is 17.1 Å². The monoisotopic (exact) mass is 508 g/mol. The van der Waals surface area contributed by atoms with E-state index in [0.29, 0.717) is 65.9 Å². The van der Waals surface area contributed by atoms with Gasteiger partial charge in [-0.2, -0.15) is 0 Å². The first-order valence-electron chi connectivity index (χ1n) is 11.9. The smallest absolute Gasteiger partial charge is 0.324 e. The molecule has 1 saturated heterocycles. The largest absolute Gasteiger partial charge is 0.480 e. The van der Waals surface area contributed by atoms with E-state index in [1.807, 2.05) is 24.0 Å². The molecule has 0 radical (unpaired) electrons. The summed E-state index contributed by atoms with van der Waals surface area (Å²) in [5.74, 6) is -0.241. The molecule has 5 rings (SSSR count). The van der Waals surface area contributed by atoms with Crippen LogP contribution in [0.25, 0.3) is 28.2 Å². The number of aliphatic carboxylic acids is 1. The van der Waals surface area contributed by atoms with Gasteiger partial charge in [0.15, 0.2) is 17.0 Å². The van der Waals surface area contributed by atoms with Crippen LogP contribution in [-0.4, -0.2) is 55.8 Å². The van der Waals surface area contributed by atoms with E-state index in [4.69, 9.17) is 16.6 Å². The van der Waals surface area contributed by atoms with E-state index in [1.54, 1.807) is 34.9 Å². The first-order valence-corrected chi connectivity index (χ1v) is 12.3. The lowest BCUT2D eigenvalue weighted by Crippen LogP contribution is -2.58. The Bertz CT molecular complexity index is 1400. The van der Waals surface area contributed by atoms with Crippen molar-refractivity contribution >= 4 is 34.6 Å². The highest BCUT2D eigenvalue weighted by molar-refractivity contribution is 6.30. The van der Waals surface area contributed by atoms with E-state index in [-0.39, 0.29) is 0 Å². The number of benzene rings is 2. The number of hydrogen-bond donors (Lipinski definition) is 2. The summed E-state index contributed by atoms with van der Waals surface area (Å²) in [6, 6.07) is 13.6. The van der Waals surface area contributed by atoms with Crippen molar-refractivity contribution in [1.82, 2.24) is 24.8 Å². The first-order chi connectivity index (χ1) is 17.4. The number of carboxylic acids is 1. The summed E-state index contributed by atoms with van der Waals surface area (Å²) in [4.78, 5) is 28.0. The van der Waals surface area contributed by atoms with E-state index in [2.05, 4.69) is 15.3 Å². The Kier molecular flexibility index (Phi) is 6.59. The molecule has 10 heteroatoms. The van der Waals surface area contributed by atoms with Crippen LogP contribution in [0.1, 0.15) is 26.2 Å². The fraction of sp³-hybridized carbons (Fsp3) is 0.308. The summed E-state index contributed by atoms with van der Waals surface area (Å²) in [5.41, 5.74) is 1.16. The number of imidazole rings is 1. The SMILES string of the molecule is CCCNC1(C(=O)O)CCN(c2ncnc3c2nc(-c2ccccc2F)n3-c2ccc(Cl)cc2)CC1. The third kappa shape index (κ3) is 4.29. The molecule has 2 aromatic heterocycles. The summed E-state index contributed by atoms with van der Waals surface area (Å²) < 4.78 is 16.7. The van der Waals surface area contributed by atoms with Gasteiger partial charge in [-0.25, -0.2) is 19.3 Å². The minimum Gasteiger partial charge on any atom is -0.480 e. The third-order valence-corrected chi connectivity index (χ3v) is 6.92. The Hall–Kier alpha value is -3.56. The molecule has 4 aromatic rings. The van der Waals surface area contributed by atoms with E-state index in [9.17, 15) is 14.3 Å². The molecule has 1 aliphatic rings. The number of carbonyl (C=O) groups is 1. The van der Waals surface area contributed by atoms with Crippen molar-refractivity contribution in [1.29, 1.82) is 0 Å². The van der Waals surface area contributed by atoms with Crippen molar-refractivity contribution in [2.75, 3.05) is 24.5 Å². The maximum absolute atomic E-state index is 14.9. The Balaban J connectivity index is 1.60. The number of anilines is 1. The molecule has 0 aliphatic carbocycles. The van der Waals surface area contributed by atoms with Gasteiger partial charge >= 0.3 is 5.97 Å². The number of piperidine rings is 1. The Morgan fingerprint density at radius 3 is 2.53 bits per heavy atom. The molecule has 0 atom stereocenters. The summed E-state index contributed by atoms with van der Waals surface area (Å²) >= 11 is 6.11. The Morgan fingerprint density at radius 2 is 1.86 bits per heavy atom. The van der Waals surface area contributed by atoms with Gasteiger partial charge in [0.2, 0.25) is 0 Å². The number of halogens is 2. The molecule has 1 fully saturated rings. The van der Waals surface area contributed by atoms with Crippen LogP contribution in [-0.2, 0) is 4.79 Å². The number of nitrogens with zero attached hydrogens (tertiary/aromatic N) is 5. The normalized spacial score (nSPS) is 15.4. The Morgan fingerprint density at radius 1 is 1.14 bits per heavy atom. The van der Waals surface area contributed by atoms with Gasteiger partial charge in [0.05, 0.1) is 5.56 Å². The van der Waals surface area contributed by atoms with Crippen molar-refractivity contribution in [2.45, 2.75) is 31.7 Å². The topological polar surface area (TPSA) is 96.2 Å². The Labute approximate surface area is 212 Å². The number of fused-ring (bicyclic) bond motifs is 1.